The summed E-state index contributed by atoms with van der Waals surface area (Å²) < 4.78 is 4.69. The highest BCUT2D eigenvalue weighted by Crippen LogP contribution is 2.28. The Balaban J connectivity index is 2.05. The number of carbonyl (C=O) groups is 2. The second-order valence-corrected chi connectivity index (χ2v) is 5.30. The van der Waals surface area contributed by atoms with Crippen LogP contribution in [-0.4, -0.2) is 37.2 Å². The number of carboxylic acids is 1. The van der Waals surface area contributed by atoms with Crippen LogP contribution < -0.4 is 4.90 Å². The minimum Gasteiger partial charge on any atom is -0.481 e. The molecule has 1 heterocycles. The van der Waals surface area contributed by atoms with Crippen molar-refractivity contribution in [3.63, 3.8) is 0 Å². The molecule has 1 N–H and O–H groups in total. The number of esters is 1. The van der Waals surface area contributed by atoms with Gasteiger partial charge in [0.1, 0.15) is 0 Å². The lowest BCUT2D eigenvalue weighted by molar-refractivity contribution is -0.140. The monoisotopic (exact) mass is 291 g/mol. The number of nitrogens with zero attached hydrogens (tertiary/aromatic N) is 1. The lowest BCUT2D eigenvalue weighted by Gasteiger charge is -2.31. The summed E-state index contributed by atoms with van der Waals surface area (Å²) in [5, 5.41) is 8.72. The molecule has 0 atom stereocenters. The molecule has 1 aromatic rings. The number of methoxy groups -OCH3 is 1. The van der Waals surface area contributed by atoms with Crippen LogP contribution in [0.5, 0.6) is 0 Å². The number of carboxylic acid groups (broad SMARTS) is 1. The molecule has 21 heavy (non-hydrogen) atoms. The highest BCUT2D eigenvalue weighted by Gasteiger charge is 2.17. The van der Waals surface area contributed by atoms with Crippen LogP contribution in [0, 0.1) is 0 Å². The number of anilines is 1. The van der Waals surface area contributed by atoms with Crippen molar-refractivity contribution in [3.05, 3.63) is 29.3 Å². The van der Waals surface area contributed by atoms with Gasteiger partial charge in [0.05, 0.1) is 13.5 Å². The number of fused-ring (bicyclic) bond motifs is 1. The molecule has 1 aliphatic rings. The molecule has 0 aliphatic carbocycles. The van der Waals surface area contributed by atoms with Crippen LogP contribution in [0.2, 0.25) is 0 Å². The molecule has 0 saturated carbocycles. The summed E-state index contributed by atoms with van der Waals surface area (Å²) in [6.45, 7) is 1.72. The summed E-state index contributed by atoms with van der Waals surface area (Å²) in [7, 11) is 1.39. The van der Waals surface area contributed by atoms with Crippen LogP contribution in [0.15, 0.2) is 18.2 Å². The second-order valence-electron chi connectivity index (χ2n) is 5.30. The van der Waals surface area contributed by atoms with Gasteiger partial charge in [0.25, 0.3) is 0 Å². The minimum atomic E-state index is -0.749. The van der Waals surface area contributed by atoms with E-state index in [0.717, 1.165) is 31.5 Å². The van der Waals surface area contributed by atoms with E-state index in [1.807, 2.05) is 12.1 Å². The van der Waals surface area contributed by atoms with E-state index in [1.54, 1.807) is 0 Å². The zero-order valence-corrected chi connectivity index (χ0v) is 12.3. The Morgan fingerprint density at radius 1 is 1.38 bits per heavy atom. The Bertz CT molecular complexity index is 527. The topological polar surface area (TPSA) is 66.8 Å². The maximum absolute atomic E-state index is 11.3. The highest BCUT2D eigenvalue weighted by molar-refractivity contribution is 5.73. The molecule has 0 amide bonds. The van der Waals surface area contributed by atoms with E-state index in [0.29, 0.717) is 12.8 Å². The molecule has 0 radical (unpaired) electrons. The van der Waals surface area contributed by atoms with Gasteiger partial charge in [-0.15, -0.1) is 0 Å². The zero-order chi connectivity index (χ0) is 15.2. The Morgan fingerprint density at radius 2 is 2.19 bits per heavy atom. The van der Waals surface area contributed by atoms with Crippen LogP contribution in [0.25, 0.3) is 0 Å². The van der Waals surface area contributed by atoms with Gasteiger partial charge in [-0.05, 0) is 36.5 Å². The van der Waals surface area contributed by atoms with Crippen molar-refractivity contribution in [2.45, 2.75) is 32.1 Å². The lowest BCUT2D eigenvalue weighted by atomic mass is 9.98. The Labute approximate surface area is 124 Å². The summed E-state index contributed by atoms with van der Waals surface area (Å²) in [5.41, 5.74) is 3.37. The SMILES string of the molecule is COC(=O)Cc1ccc2c(c1)CCCN2CCCC(=O)O. The average Bonchev–Trinajstić information content (AvgIpc) is 2.46. The summed E-state index contributed by atoms with van der Waals surface area (Å²) in [6, 6.07) is 6.05. The lowest BCUT2D eigenvalue weighted by Crippen LogP contribution is -2.30. The van der Waals surface area contributed by atoms with Gasteiger partial charge in [-0.1, -0.05) is 12.1 Å². The third-order valence-electron chi connectivity index (χ3n) is 3.75. The molecule has 5 nitrogen and oxygen atoms in total. The number of aryl methyl sites for hydroxylation is 1. The van der Waals surface area contributed by atoms with Crippen molar-refractivity contribution < 1.29 is 19.4 Å². The predicted octanol–water partition coefficient (Wildman–Crippen LogP) is 2.02. The molecule has 0 spiro atoms. The van der Waals surface area contributed by atoms with E-state index in [1.165, 1.54) is 18.4 Å². The Morgan fingerprint density at radius 3 is 2.90 bits per heavy atom. The molecular weight excluding hydrogens is 270 g/mol. The van der Waals surface area contributed by atoms with Gasteiger partial charge in [-0.25, -0.2) is 0 Å². The van der Waals surface area contributed by atoms with Gasteiger partial charge in [0.2, 0.25) is 0 Å². The first-order chi connectivity index (χ1) is 10.1. The normalized spacial score (nSPS) is 13.7. The quantitative estimate of drug-likeness (QED) is 0.812. The predicted molar refractivity (Wildman–Crippen MR) is 79.6 cm³/mol. The van der Waals surface area contributed by atoms with E-state index >= 15 is 0 Å². The summed E-state index contributed by atoms with van der Waals surface area (Å²) >= 11 is 0. The number of rotatable bonds is 6. The van der Waals surface area contributed by atoms with Crippen LogP contribution in [-0.2, 0) is 27.2 Å². The maximum Gasteiger partial charge on any atom is 0.309 e. The number of hydrogen-bond acceptors (Lipinski definition) is 4. The third kappa shape index (κ3) is 4.21. The molecule has 0 aromatic heterocycles. The smallest absolute Gasteiger partial charge is 0.309 e. The van der Waals surface area contributed by atoms with Gasteiger partial charge >= 0.3 is 11.9 Å². The number of hydrogen-bond donors (Lipinski definition) is 1. The fourth-order valence-electron chi connectivity index (χ4n) is 2.73. The van der Waals surface area contributed by atoms with Crippen molar-refractivity contribution in [3.8, 4) is 0 Å². The Hall–Kier alpha value is -2.04. The number of benzene rings is 1. The van der Waals surface area contributed by atoms with E-state index < -0.39 is 5.97 Å². The van der Waals surface area contributed by atoms with E-state index in [2.05, 4.69) is 15.7 Å². The van der Waals surface area contributed by atoms with Gasteiger partial charge in [-0.2, -0.15) is 0 Å². The van der Waals surface area contributed by atoms with Gasteiger partial charge in [-0.3, -0.25) is 9.59 Å². The van der Waals surface area contributed by atoms with Crippen molar-refractivity contribution in [1.82, 2.24) is 0 Å². The third-order valence-corrected chi connectivity index (χ3v) is 3.75. The number of ether oxygens (including phenoxy) is 1. The molecular formula is C16H21NO4. The maximum atomic E-state index is 11.3. The molecule has 114 valence electrons. The van der Waals surface area contributed by atoms with Gasteiger partial charge < -0.3 is 14.7 Å². The average molecular weight is 291 g/mol. The summed E-state index contributed by atoms with van der Waals surface area (Å²) in [5.74, 6) is -0.982. The molecule has 0 unspecified atom stereocenters. The number of carbonyl (C=O) groups excluding carboxylic acids is 1. The molecule has 0 fully saturated rings. The summed E-state index contributed by atoms with van der Waals surface area (Å²) in [6.07, 6.45) is 3.20. The standard InChI is InChI=1S/C16H21NO4/c1-21-16(20)11-12-6-7-14-13(10-12)4-2-8-17(14)9-3-5-15(18)19/h6-7,10H,2-5,8-9,11H2,1H3,(H,18,19). The van der Waals surface area contributed by atoms with E-state index in [4.69, 9.17) is 5.11 Å². The fraction of sp³-hybridized carbons (Fsp3) is 0.500. The van der Waals surface area contributed by atoms with Crippen molar-refractivity contribution in [2.24, 2.45) is 0 Å². The van der Waals surface area contributed by atoms with Crippen molar-refractivity contribution in [1.29, 1.82) is 0 Å². The van der Waals surface area contributed by atoms with Crippen molar-refractivity contribution >= 4 is 17.6 Å². The largest absolute Gasteiger partial charge is 0.481 e. The zero-order valence-electron chi connectivity index (χ0n) is 12.3. The summed E-state index contributed by atoms with van der Waals surface area (Å²) in [4.78, 5) is 24.2. The molecule has 1 aliphatic heterocycles. The first-order valence-electron chi connectivity index (χ1n) is 7.25. The molecule has 1 aromatic carbocycles. The first-order valence-corrected chi connectivity index (χ1v) is 7.25. The van der Waals surface area contributed by atoms with Gasteiger partial charge in [0, 0.05) is 25.2 Å². The molecule has 2 rings (SSSR count). The first kappa shape index (κ1) is 15.4. The van der Waals surface area contributed by atoms with Gasteiger partial charge in [0.15, 0.2) is 0 Å². The van der Waals surface area contributed by atoms with Crippen LogP contribution in [0.3, 0.4) is 0 Å². The molecule has 0 saturated heterocycles. The van der Waals surface area contributed by atoms with Crippen LogP contribution >= 0.6 is 0 Å². The van der Waals surface area contributed by atoms with E-state index in [9.17, 15) is 9.59 Å². The molecule has 0 bridgehead atoms. The highest BCUT2D eigenvalue weighted by atomic mass is 16.5. The van der Waals surface area contributed by atoms with Crippen LogP contribution in [0.1, 0.15) is 30.4 Å². The number of aliphatic carboxylic acids is 1. The Kier molecular flexibility index (Phi) is 5.20. The fourth-order valence-corrected chi connectivity index (χ4v) is 2.73. The molecule has 5 heteroatoms. The second kappa shape index (κ2) is 7.11. The minimum absolute atomic E-state index is 0.201. The van der Waals surface area contributed by atoms with E-state index in [-0.39, 0.29) is 12.4 Å². The van der Waals surface area contributed by atoms with Crippen LogP contribution in [0.4, 0.5) is 5.69 Å². The van der Waals surface area contributed by atoms with Crippen molar-refractivity contribution in [2.75, 3.05) is 25.1 Å².